The standard InChI is InChI=1S/C40H76N4O10/c1-15-52-39(11,12)19-17-32(46)42-30(26-28(2)27-34(48)49)35(50)44-38(9,10)22-25-54-40(13,14)20-16-31(45)41-29(3)51-23-18-33(47)43-37(7,8)21-24-53-36(4,5)6/h28-30H,15-27H2,1-14H3,(H,41,45)(H,42,46)(H,43,47)(H,44,50)(H,48,49)/t28?,29?,30-/m0/s1. The topological polar surface area (TPSA) is 191 Å². The third kappa shape index (κ3) is 26.9. The van der Waals surface area contributed by atoms with Gasteiger partial charge in [0, 0.05) is 50.2 Å². The maximum atomic E-state index is 13.4. The van der Waals surface area contributed by atoms with Gasteiger partial charge in [0.1, 0.15) is 12.3 Å². The van der Waals surface area contributed by atoms with Crippen LogP contribution >= 0.6 is 0 Å². The Bertz CT molecular complexity index is 1180. The van der Waals surface area contributed by atoms with Crippen LogP contribution in [0.25, 0.3) is 0 Å². The van der Waals surface area contributed by atoms with Crippen LogP contribution in [0.4, 0.5) is 0 Å². The Morgan fingerprint density at radius 3 is 1.63 bits per heavy atom. The summed E-state index contributed by atoms with van der Waals surface area (Å²) < 4.78 is 23.2. The van der Waals surface area contributed by atoms with Gasteiger partial charge >= 0.3 is 5.97 Å². The number of carboxylic acid groups (broad SMARTS) is 1. The molecule has 0 saturated carbocycles. The molecule has 14 nitrogen and oxygen atoms in total. The Hall–Kier alpha value is -2.81. The van der Waals surface area contributed by atoms with Crippen molar-refractivity contribution < 1.29 is 48.0 Å². The lowest BCUT2D eigenvalue weighted by Gasteiger charge is -2.32. The SMILES string of the molecule is CCOC(C)(C)CCC(=O)N[C@@H](CC(C)CC(=O)O)C(=O)NC(C)(C)CCOC(C)(C)CCC(=O)NC(C)OCCC(=O)NC(C)(C)CCOC(C)(C)C. The van der Waals surface area contributed by atoms with E-state index < -0.39 is 46.4 Å². The first-order valence-corrected chi connectivity index (χ1v) is 19.5. The van der Waals surface area contributed by atoms with E-state index in [4.69, 9.17) is 18.9 Å². The van der Waals surface area contributed by atoms with Crippen LogP contribution in [0.5, 0.6) is 0 Å². The molecule has 0 heterocycles. The molecule has 0 aromatic heterocycles. The van der Waals surface area contributed by atoms with Gasteiger partial charge in [0.05, 0.1) is 29.8 Å². The molecule has 0 aliphatic heterocycles. The number of carbonyl (C=O) groups is 5. The molecule has 316 valence electrons. The number of amides is 4. The number of carboxylic acids is 1. The third-order valence-corrected chi connectivity index (χ3v) is 8.74. The van der Waals surface area contributed by atoms with Crippen molar-refractivity contribution in [3.05, 3.63) is 0 Å². The molecule has 3 atom stereocenters. The van der Waals surface area contributed by atoms with Crippen LogP contribution in [0.2, 0.25) is 0 Å². The van der Waals surface area contributed by atoms with E-state index in [1.54, 1.807) is 13.8 Å². The van der Waals surface area contributed by atoms with Crippen molar-refractivity contribution in [1.29, 1.82) is 0 Å². The maximum absolute atomic E-state index is 13.4. The smallest absolute Gasteiger partial charge is 0.303 e. The Kier molecular flexibility index (Phi) is 22.1. The highest BCUT2D eigenvalue weighted by atomic mass is 16.5. The van der Waals surface area contributed by atoms with Gasteiger partial charge in [-0.25, -0.2) is 0 Å². The lowest BCUT2D eigenvalue weighted by atomic mass is 9.95. The summed E-state index contributed by atoms with van der Waals surface area (Å²) in [7, 11) is 0. The van der Waals surface area contributed by atoms with Crippen molar-refractivity contribution in [2.24, 2.45) is 5.92 Å². The summed E-state index contributed by atoms with van der Waals surface area (Å²) in [6.45, 7) is 28.0. The van der Waals surface area contributed by atoms with E-state index in [1.165, 1.54) is 0 Å². The van der Waals surface area contributed by atoms with Gasteiger partial charge in [-0.1, -0.05) is 6.92 Å². The van der Waals surface area contributed by atoms with Crippen LogP contribution < -0.4 is 21.3 Å². The minimum atomic E-state index is -0.970. The second-order valence-corrected chi connectivity index (χ2v) is 18.0. The number of ether oxygens (including phenoxy) is 4. The van der Waals surface area contributed by atoms with Gasteiger partial charge in [0.25, 0.3) is 0 Å². The predicted molar refractivity (Wildman–Crippen MR) is 210 cm³/mol. The summed E-state index contributed by atoms with van der Waals surface area (Å²) in [5.74, 6) is -2.36. The van der Waals surface area contributed by atoms with E-state index in [0.717, 1.165) is 0 Å². The molecular formula is C40H76N4O10. The first-order valence-electron chi connectivity index (χ1n) is 19.5. The normalized spacial score (nSPS) is 14.5. The second kappa shape index (κ2) is 23.3. The number of hydrogen-bond donors (Lipinski definition) is 5. The monoisotopic (exact) mass is 773 g/mol. The van der Waals surface area contributed by atoms with Crippen LogP contribution in [-0.2, 0) is 42.9 Å². The van der Waals surface area contributed by atoms with E-state index >= 15 is 0 Å². The predicted octanol–water partition coefficient (Wildman–Crippen LogP) is 5.40. The molecule has 0 saturated heterocycles. The van der Waals surface area contributed by atoms with Gasteiger partial charge in [-0.2, -0.15) is 0 Å². The summed E-state index contributed by atoms with van der Waals surface area (Å²) in [6, 6.07) is -0.906. The molecule has 2 unspecified atom stereocenters. The number of carbonyl (C=O) groups excluding carboxylic acids is 4. The fraction of sp³-hybridized carbons (Fsp3) is 0.875. The molecule has 14 heteroatoms. The molecule has 5 N–H and O–H groups in total. The molecule has 4 amide bonds. The minimum Gasteiger partial charge on any atom is -0.481 e. The number of hydrogen-bond acceptors (Lipinski definition) is 9. The average Bonchev–Trinajstić information content (AvgIpc) is 2.96. The zero-order chi connectivity index (χ0) is 42.0. The van der Waals surface area contributed by atoms with Gasteiger partial charge < -0.3 is 45.3 Å². The third-order valence-electron chi connectivity index (χ3n) is 8.74. The van der Waals surface area contributed by atoms with Crippen LogP contribution in [0, 0.1) is 5.92 Å². The highest BCUT2D eigenvalue weighted by Gasteiger charge is 2.31. The molecule has 54 heavy (non-hydrogen) atoms. The maximum Gasteiger partial charge on any atom is 0.303 e. The molecule has 0 spiro atoms. The summed E-state index contributed by atoms with van der Waals surface area (Å²) in [6.07, 6.45) is 2.01. The first-order chi connectivity index (χ1) is 24.6. The summed E-state index contributed by atoms with van der Waals surface area (Å²) >= 11 is 0. The van der Waals surface area contributed by atoms with Gasteiger partial charge in [0.15, 0.2) is 0 Å². The largest absolute Gasteiger partial charge is 0.481 e. The van der Waals surface area contributed by atoms with Crippen molar-refractivity contribution in [2.45, 2.75) is 195 Å². The minimum absolute atomic E-state index is 0.125. The highest BCUT2D eigenvalue weighted by Crippen LogP contribution is 2.21. The first kappa shape index (κ1) is 51.2. The zero-order valence-corrected chi connectivity index (χ0v) is 36.0. The molecular weight excluding hydrogens is 696 g/mol. The van der Waals surface area contributed by atoms with Crippen LogP contribution in [-0.4, -0.2) is 101 Å². The lowest BCUT2D eigenvalue weighted by molar-refractivity contribution is -0.138. The highest BCUT2D eigenvalue weighted by molar-refractivity contribution is 5.88. The fourth-order valence-corrected chi connectivity index (χ4v) is 5.50. The molecule has 0 fully saturated rings. The van der Waals surface area contributed by atoms with Crippen molar-refractivity contribution in [1.82, 2.24) is 21.3 Å². The number of rotatable bonds is 28. The number of aliphatic carboxylic acids is 1. The summed E-state index contributed by atoms with van der Waals surface area (Å²) in [5, 5.41) is 20.9. The van der Waals surface area contributed by atoms with Gasteiger partial charge in [-0.15, -0.1) is 0 Å². The molecule has 0 aromatic carbocycles. The molecule has 0 aliphatic rings. The fourth-order valence-electron chi connectivity index (χ4n) is 5.50. The van der Waals surface area contributed by atoms with Gasteiger partial charge in [-0.3, -0.25) is 24.0 Å². The van der Waals surface area contributed by atoms with Crippen molar-refractivity contribution in [3.8, 4) is 0 Å². The van der Waals surface area contributed by atoms with Gasteiger partial charge in [0.2, 0.25) is 23.6 Å². The zero-order valence-electron chi connectivity index (χ0n) is 36.0. The Morgan fingerprint density at radius 1 is 0.611 bits per heavy atom. The van der Waals surface area contributed by atoms with E-state index in [9.17, 15) is 29.1 Å². The molecule has 0 rings (SSSR count). The summed E-state index contributed by atoms with van der Waals surface area (Å²) in [4.78, 5) is 62.7. The van der Waals surface area contributed by atoms with E-state index in [2.05, 4.69) is 21.3 Å². The van der Waals surface area contributed by atoms with Crippen molar-refractivity contribution >= 4 is 29.6 Å². The lowest BCUT2D eigenvalue weighted by Crippen LogP contribution is -2.54. The Morgan fingerprint density at radius 2 is 1.11 bits per heavy atom. The molecule has 0 bridgehead atoms. The van der Waals surface area contributed by atoms with Crippen molar-refractivity contribution in [3.63, 3.8) is 0 Å². The number of nitrogens with one attached hydrogen (secondary N) is 4. The molecule has 0 aromatic rings. The quantitative estimate of drug-likeness (QED) is 0.0645. The average molecular weight is 773 g/mol. The summed E-state index contributed by atoms with van der Waals surface area (Å²) in [5.41, 5.74) is -2.50. The van der Waals surface area contributed by atoms with Crippen molar-refractivity contribution in [2.75, 3.05) is 26.4 Å². The second-order valence-electron chi connectivity index (χ2n) is 18.0. The molecule has 0 aliphatic carbocycles. The van der Waals surface area contributed by atoms with Gasteiger partial charge in [-0.05, 0) is 128 Å². The van der Waals surface area contributed by atoms with Crippen LogP contribution in [0.15, 0.2) is 0 Å². The molecule has 0 radical (unpaired) electrons. The van der Waals surface area contributed by atoms with E-state index in [1.807, 2.05) is 83.1 Å². The van der Waals surface area contributed by atoms with E-state index in [-0.39, 0.29) is 68.0 Å². The Balaban J connectivity index is 4.84. The van der Waals surface area contributed by atoms with E-state index in [0.29, 0.717) is 45.5 Å². The Labute approximate surface area is 325 Å². The van der Waals surface area contributed by atoms with Crippen LogP contribution in [0.3, 0.4) is 0 Å². The van der Waals surface area contributed by atoms with Crippen LogP contribution in [0.1, 0.15) is 155 Å².